The van der Waals surface area contributed by atoms with Crippen LogP contribution in [-0.2, 0) is 0 Å². The maximum atomic E-state index is 12.2. The van der Waals surface area contributed by atoms with E-state index in [2.05, 4.69) is 5.32 Å². The van der Waals surface area contributed by atoms with E-state index in [4.69, 9.17) is 0 Å². The van der Waals surface area contributed by atoms with Crippen molar-refractivity contribution >= 4 is 0 Å². The molecule has 17 heavy (non-hydrogen) atoms. The topological polar surface area (TPSA) is 15.3 Å². The Hall–Kier alpha value is -0.290. The summed E-state index contributed by atoms with van der Waals surface area (Å²) in [6.07, 6.45) is 0.913. The van der Waals surface area contributed by atoms with Gasteiger partial charge in [-0.25, -0.2) is 0 Å². The quantitative estimate of drug-likeness (QED) is 0.810. The summed E-state index contributed by atoms with van der Waals surface area (Å²) in [7, 11) is 0. The van der Waals surface area contributed by atoms with E-state index in [1.54, 1.807) is 0 Å². The van der Waals surface area contributed by atoms with Crippen molar-refractivity contribution in [1.82, 2.24) is 10.2 Å². The van der Waals surface area contributed by atoms with Crippen LogP contribution in [0.3, 0.4) is 0 Å². The minimum absolute atomic E-state index is 0.113. The summed E-state index contributed by atoms with van der Waals surface area (Å²) >= 11 is 0. The molecule has 2 nitrogen and oxygen atoms in total. The number of alkyl halides is 3. The molecule has 0 atom stereocenters. The lowest BCUT2D eigenvalue weighted by Gasteiger charge is -2.33. The molecule has 2 fully saturated rings. The van der Waals surface area contributed by atoms with Gasteiger partial charge in [0.05, 0.1) is 6.42 Å². The molecule has 0 bridgehead atoms. The Balaban J connectivity index is 1.88. The normalized spacial score (nSPS) is 26.3. The molecule has 0 aromatic heterocycles. The highest BCUT2D eigenvalue weighted by Crippen LogP contribution is 2.32. The summed E-state index contributed by atoms with van der Waals surface area (Å²) in [6, 6.07) is 0. The Morgan fingerprint density at radius 1 is 1.12 bits per heavy atom. The van der Waals surface area contributed by atoms with Gasteiger partial charge in [-0.05, 0) is 32.4 Å². The van der Waals surface area contributed by atoms with Crippen LogP contribution in [0.25, 0.3) is 0 Å². The molecular formula is C12H21F3N2. The first kappa shape index (κ1) is 13.1. The van der Waals surface area contributed by atoms with Crippen LogP contribution in [-0.4, -0.2) is 42.8 Å². The lowest BCUT2D eigenvalue weighted by Crippen LogP contribution is -2.49. The van der Waals surface area contributed by atoms with E-state index >= 15 is 0 Å². The summed E-state index contributed by atoms with van der Waals surface area (Å²) in [6.45, 7) is 2.70. The second-order valence-electron chi connectivity index (χ2n) is 5.41. The maximum absolute atomic E-state index is 12.2. The van der Waals surface area contributed by atoms with E-state index < -0.39 is 12.6 Å². The maximum Gasteiger partial charge on any atom is 0.390 e. The van der Waals surface area contributed by atoms with Crippen molar-refractivity contribution in [3.8, 4) is 0 Å². The Bertz CT molecular complexity index is 247. The Morgan fingerprint density at radius 3 is 2.47 bits per heavy atom. The van der Waals surface area contributed by atoms with Crippen LogP contribution in [0.5, 0.6) is 0 Å². The number of halogens is 3. The second kappa shape index (κ2) is 5.14. The zero-order valence-electron chi connectivity index (χ0n) is 10.2. The van der Waals surface area contributed by atoms with Gasteiger partial charge in [-0.15, -0.1) is 0 Å². The standard InChI is InChI=1S/C12H21F3N2/c13-12(14,15)6-9-17-8-3-7-16-11(10-17)4-1-2-5-11/h16H,1-10H2. The highest BCUT2D eigenvalue weighted by Gasteiger charge is 2.37. The molecule has 5 heteroatoms. The molecule has 1 saturated heterocycles. The minimum atomic E-state index is -4.03. The average molecular weight is 250 g/mol. The fraction of sp³-hybridized carbons (Fsp3) is 1.00. The Morgan fingerprint density at radius 2 is 1.82 bits per heavy atom. The van der Waals surface area contributed by atoms with E-state index in [1.807, 2.05) is 4.90 Å². The van der Waals surface area contributed by atoms with Gasteiger partial charge in [0.1, 0.15) is 0 Å². The van der Waals surface area contributed by atoms with Gasteiger partial charge in [-0.3, -0.25) is 0 Å². The van der Waals surface area contributed by atoms with E-state index in [9.17, 15) is 13.2 Å². The molecule has 2 rings (SSSR count). The first-order valence-electron chi connectivity index (χ1n) is 6.53. The Labute approximate surface area is 101 Å². The molecule has 1 N–H and O–H groups in total. The lowest BCUT2D eigenvalue weighted by molar-refractivity contribution is -0.138. The van der Waals surface area contributed by atoms with Gasteiger partial charge in [0.25, 0.3) is 0 Å². The molecule has 1 saturated carbocycles. The molecule has 100 valence electrons. The number of nitrogens with zero attached hydrogens (tertiary/aromatic N) is 1. The first-order valence-corrected chi connectivity index (χ1v) is 6.53. The summed E-state index contributed by atoms with van der Waals surface area (Å²) in [5, 5.41) is 3.56. The molecule has 0 amide bonds. The van der Waals surface area contributed by atoms with Crippen molar-refractivity contribution in [3.63, 3.8) is 0 Å². The summed E-state index contributed by atoms with van der Waals surface area (Å²) in [5.41, 5.74) is 0.113. The fourth-order valence-corrected chi connectivity index (χ4v) is 3.08. The first-order chi connectivity index (χ1) is 7.99. The molecule has 1 spiro atoms. The molecule has 2 aliphatic rings. The van der Waals surface area contributed by atoms with Gasteiger partial charge in [0, 0.05) is 18.6 Å². The molecule has 0 unspecified atom stereocenters. The smallest absolute Gasteiger partial charge is 0.310 e. The van der Waals surface area contributed by atoms with Gasteiger partial charge in [0.15, 0.2) is 0 Å². The molecule has 1 heterocycles. The van der Waals surface area contributed by atoms with Gasteiger partial charge in [-0.1, -0.05) is 12.8 Å². The monoisotopic (exact) mass is 250 g/mol. The van der Waals surface area contributed by atoms with E-state index in [-0.39, 0.29) is 12.1 Å². The van der Waals surface area contributed by atoms with Crippen molar-refractivity contribution in [2.24, 2.45) is 0 Å². The van der Waals surface area contributed by atoms with Crippen LogP contribution >= 0.6 is 0 Å². The van der Waals surface area contributed by atoms with Crippen LogP contribution in [0.2, 0.25) is 0 Å². The number of nitrogens with one attached hydrogen (secondary N) is 1. The van der Waals surface area contributed by atoms with E-state index in [1.165, 1.54) is 12.8 Å². The zero-order chi connectivity index (χ0) is 12.4. The molecule has 1 aliphatic heterocycles. The predicted octanol–water partition coefficient (Wildman–Crippen LogP) is 2.55. The van der Waals surface area contributed by atoms with Crippen LogP contribution in [0.4, 0.5) is 13.2 Å². The van der Waals surface area contributed by atoms with Crippen molar-refractivity contribution in [1.29, 1.82) is 0 Å². The molecule has 0 aromatic carbocycles. The van der Waals surface area contributed by atoms with Crippen molar-refractivity contribution in [3.05, 3.63) is 0 Å². The molecular weight excluding hydrogens is 229 g/mol. The largest absolute Gasteiger partial charge is 0.390 e. The highest BCUT2D eigenvalue weighted by atomic mass is 19.4. The molecule has 0 aromatic rings. The molecule has 1 aliphatic carbocycles. The zero-order valence-corrected chi connectivity index (χ0v) is 10.2. The summed E-state index contributed by atoms with van der Waals surface area (Å²) < 4.78 is 36.7. The minimum Gasteiger partial charge on any atom is -0.310 e. The second-order valence-corrected chi connectivity index (χ2v) is 5.41. The predicted molar refractivity (Wildman–Crippen MR) is 60.9 cm³/mol. The number of hydrogen-bond acceptors (Lipinski definition) is 2. The SMILES string of the molecule is FC(F)(F)CCN1CCCNC2(CCCC2)C1. The number of hydrogen-bond donors (Lipinski definition) is 1. The highest BCUT2D eigenvalue weighted by molar-refractivity contribution is 4.96. The van der Waals surface area contributed by atoms with Crippen molar-refractivity contribution < 1.29 is 13.2 Å². The van der Waals surface area contributed by atoms with Crippen molar-refractivity contribution in [2.75, 3.05) is 26.2 Å². The van der Waals surface area contributed by atoms with Crippen LogP contribution in [0.1, 0.15) is 38.5 Å². The van der Waals surface area contributed by atoms with Gasteiger partial charge in [0.2, 0.25) is 0 Å². The van der Waals surface area contributed by atoms with E-state index in [0.717, 1.165) is 38.9 Å². The van der Waals surface area contributed by atoms with Crippen LogP contribution in [0.15, 0.2) is 0 Å². The average Bonchev–Trinajstić information content (AvgIpc) is 2.57. The lowest BCUT2D eigenvalue weighted by atomic mass is 9.97. The van der Waals surface area contributed by atoms with E-state index in [0.29, 0.717) is 0 Å². The van der Waals surface area contributed by atoms with Crippen molar-refractivity contribution in [2.45, 2.75) is 50.2 Å². The third-order valence-corrected chi connectivity index (χ3v) is 3.95. The molecule has 0 radical (unpaired) electrons. The van der Waals surface area contributed by atoms with Crippen LogP contribution < -0.4 is 5.32 Å². The van der Waals surface area contributed by atoms with Crippen LogP contribution in [0, 0.1) is 0 Å². The Kier molecular flexibility index (Phi) is 3.98. The summed E-state index contributed by atoms with van der Waals surface area (Å²) in [5.74, 6) is 0. The third kappa shape index (κ3) is 3.85. The third-order valence-electron chi connectivity index (χ3n) is 3.95. The van der Waals surface area contributed by atoms with Gasteiger partial charge >= 0.3 is 6.18 Å². The number of rotatable bonds is 2. The summed E-state index contributed by atoms with van der Waals surface area (Å²) in [4.78, 5) is 2.00. The van der Waals surface area contributed by atoms with Gasteiger partial charge < -0.3 is 10.2 Å². The fourth-order valence-electron chi connectivity index (χ4n) is 3.08. The van der Waals surface area contributed by atoms with Gasteiger partial charge in [-0.2, -0.15) is 13.2 Å².